The van der Waals surface area contributed by atoms with Crippen molar-refractivity contribution in [1.29, 1.82) is 0 Å². The molecule has 0 saturated carbocycles. The first kappa shape index (κ1) is 72.6. The minimum absolute atomic E-state index is 0. The molecule has 0 aromatic heterocycles. The van der Waals surface area contributed by atoms with E-state index in [4.69, 9.17) is 0 Å². The topological polar surface area (TPSA) is 35.0 Å². The fourth-order valence-corrected chi connectivity index (χ4v) is 0. The zero-order valence-electron chi connectivity index (χ0n) is 2.62. The van der Waals surface area contributed by atoms with Crippen LogP contribution in [0, 0.1) is 0 Å². The Labute approximate surface area is 64.3 Å². The summed E-state index contributed by atoms with van der Waals surface area (Å²) in [6, 6.07) is 0. The molecule has 1 nitrogen and oxygen atoms in total. The van der Waals surface area contributed by atoms with Gasteiger partial charge in [-0.3, -0.25) is 0 Å². The first-order valence-corrected chi connectivity index (χ1v) is 0. The Hall–Kier alpha value is 1.76. The van der Waals surface area contributed by atoms with Crippen LogP contribution in [-0.4, -0.2) is 34.9 Å². The molecule has 1 unspecified atom stereocenters. The quantitative estimate of drug-likeness (QED) is 0.383. The van der Waals surface area contributed by atoms with Crippen LogP contribution in [0.1, 0.15) is 0 Å². The van der Waals surface area contributed by atoms with Crippen LogP contribution in [-0.2, 0) is 0 Å². The molecule has 5 heavy (non-hydrogen) atoms. The fourth-order valence-electron chi connectivity index (χ4n) is 0. The normalized spacial score (nSPS) is 0. The molecule has 3 N–H and O–H groups in total. The molecule has 0 aromatic carbocycles. The summed E-state index contributed by atoms with van der Waals surface area (Å²) < 4.78 is 0. The average Bonchev–Trinajstić information content (AvgIpc) is 0. The van der Waals surface area contributed by atoms with Gasteiger partial charge in [0.2, 0.25) is 0 Å². The molecule has 0 rings (SSSR count). The average molecular weight is 238 g/mol. The Morgan fingerprint density at radius 1 is 1.00 bits per heavy atom. The van der Waals surface area contributed by atoms with Gasteiger partial charge >= 0.3 is 23.9 Å². The summed E-state index contributed by atoms with van der Waals surface area (Å²) in [5, 5.41) is 0. The Morgan fingerprint density at radius 2 is 1.00 bits per heavy atom. The summed E-state index contributed by atoms with van der Waals surface area (Å²) in [5.74, 6) is 0. The zero-order valence-corrected chi connectivity index (χ0v) is 9.07. The van der Waals surface area contributed by atoms with Crippen molar-refractivity contribution in [1.82, 2.24) is 6.15 Å². The molecule has 0 aliphatic heterocycles. The maximum absolute atomic E-state index is 0. The van der Waals surface area contributed by atoms with Crippen molar-refractivity contribution in [3.05, 3.63) is 0 Å². The van der Waals surface area contributed by atoms with Gasteiger partial charge in [-0.15, -0.1) is 0 Å². The molecule has 1 atom stereocenters. The minimum atomic E-state index is 0. The van der Waals surface area contributed by atoms with Crippen LogP contribution in [0.5, 0.6) is 0 Å². The third-order valence-electron chi connectivity index (χ3n) is 0. The van der Waals surface area contributed by atoms with E-state index >= 15 is 0 Å². The molecule has 0 saturated heterocycles. The number of hydrogen-bond donors (Lipinski definition) is 1. The van der Waals surface area contributed by atoms with Crippen molar-refractivity contribution in [2.75, 3.05) is 0 Å². The number of hydrogen-bond acceptors (Lipinski definition) is 1. The van der Waals surface area contributed by atoms with Crippen molar-refractivity contribution in [3.8, 4) is 0 Å². The molecule has 0 spiro atoms. The maximum atomic E-state index is 0. The summed E-state index contributed by atoms with van der Waals surface area (Å²) in [7, 11) is 0. The Kier molecular flexibility index (Phi) is 613. The summed E-state index contributed by atoms with van der Waals surface area (Å²) in [4.78, 5) is 0. The van der Waals surface area contributed by atoms with Crippen LogP contribution >= 0.6 is 23.4 Å². The van der Waals surface area contributed by atoms with E-state index in [2.05, 4.69) is 0 Å². The molecule has 0 heterocycles. The monoisotopic (exact) mass is 239 g/mol. The predicted octanol–water partition coefficient (Wildman–Crippen LogP) is -2.03. The Bertz CT molecular complexity index is 11.6. The first-order valence-electron chi connectivity index (χ1n) is 0. The summed E-state index contributed by atoms with van der Waals surface area (Å²) in [6.45, 7) is 0. The third-order valence-corrected chi connectivity index (χ3v) is 0. The molecule has 0 aromatic rings. The van der Waals surface area contributed by atoms with Crippen LogP contribution in [0.15, 0.2) is 0 Å². The van der Waals surface area contributed by atoms with Gasteiger partial charge in [0.15, 0.2) is 0 Å². The SMILES string of the molecule is N.P.S.[SiH4].[SnH2]. The van der Waals surface area contributed by atoms with Crippen LogP contribution in [0.25, 0.3) is 0 Å². The van der Waals surface area contributed by atoms with Gasteiger partial charge in [0.1, 0.15) is 0 Å². The molecule has 38 valence electrons. The van der Waals surface area contributed by atoms with E-state index in [-0.39, 0.29) is 64.4 Å². The van der Waals surface area contributed by atoms with Crippen LogP contribution in [0.2, 0.25) is 0 Å². The second kappa shape index (κ2) is 42.2. The fraction of sp³-hybridized carbons (Fsp3) is 0. The van der Waals surface area contributed by atoms with Gasteiger partial charge in [-0.05, 0) is 11.0 Å². The van der Waals surface area contributed by atoms with Gasteiger partial charge < -0.3 is 6.15 Å². The third kappa shape index (κ3) is 26.3. The molecule has 0 fully saturated rings. The Morgan fingerprint density at radius 3 is 1.00 bits per heavy atom. The van der Waals surface area contributed by atoms with Gasteiger partial charge in [0.25, 0.3) is 0 Å². The second-order valence-corrected chi connectivity index (χ2v) is 0. The van der Waals surface area contributed by atoms with E-state index in [1.165, 1.54) is 0 Å². The van der Waals surface area contributed by atoms with E-state index in [9.17, 15) is 0 Å². The number of rotatable bonds is 0. The van der Waals surface area contributed by atoms with Crippen LogP contribution in [0.4, 0.5) is 0 Å². The Balaban J connectivity index is 0. The first-order chi connectivity index (χ1) is 0. The second-order valence-electron chi connectivity index (χ2n) is 0. The van der Waals surface area contributed by atoms with Gasteiger partial charge in [-0.2, -0.15) is 23.4 Å². The van der Waals surface area contributed by atoms with Crippen molar-refractivity contribution in [2.24, 2.45) is 0 Å². The van der Waals surface area contributed by atoms with E-state index in [1.807, 2.05) is 0 Å². The van der Waals surface area contributed by atoms with Crippen molar-refractivity contribution in [2.45, 2.75) is 0 Å². The van der Waals surface area contributed by atoms with Gasteiger partial charge in [-0.25, -0.2) is 0 Å². The van der Waals surface area contributed by atoms with E-state index in [1.54, 1.807) is 0 Å². The summed E-state index contributed by atoms with van der Waals surface area (Å²) >= 11 is 0. The standard InChI is InChI=1S/H3N.H3P.H2S.H4Si.Sn.2H/h2*1H3;1H2;1H4;;;. The van der Waals surface area contributed by atoms with Gasteiger partial charge in [0, 0.05) is 0 Å². The van der Waals surface area contributed by atoms with E-state index in [0.717, 1.165) is 0 Å². The van der Waals surface area contributed by atoms with Crippen LogP contribution in [0.3, 0.4) is 0 Å². The van der Waals surface area contributed by atoms with Crippen molar-refractivity contribution in [3.63, 3.8) is 0 Å². The predicted molar refractivity (Wildman–Crippen MR) is 46.4 cm³/mol. The molecule has 0 aliphatic rings. The molecular weight excluding hydrogens is 224 g/mol. The molecule has 2 radical (unpaired) electrons. The molecule has 5 heteroatoms. The molecule has 0 amide bonds. The summed E-state index contributed by atoms with van der Waals surface area (Å²) in [6.07, 6.45) is 0. The molecular formula is H14NPSSiSn. The zero-order chi connectivity index (χ0) is 0. The van der Waals surface area contributed by atoms with Crippen molar-refractivity contribution >= 4 is 58.3 Å². The summed E-state index contributed by atoms with van der Waals surface area (Å²) in [5.41, 5.74) is 0. The van der Waals surface area contributed by atoms with Gasteiger partial charge in [0.05, 0.1) is 0 Å². The van der Waals surface area contributed by atoms with Crippen LogP contribution < -0.4 is 6.15 Å². The van der Waals surface area contributed by atoms with Gasteiger partial charge in [-0.1, -0.05) is 0 Å². The molecule has 0 aliphatic carbocycles. The van der Waals surface area contributed by atoms with Crippen molar-refractivity contribution < 1.29 is 0 Å². The van der Waals surface area contributed by atoms with E-state index < -0.39 is 0 Å². The molecule has 0 bridgehead atoms. The van der Waals surface area contributed by atoms with E-state index in [0.29, 0.717) is 0 Å².